The van der Waals surface area contributed by atoms with E-state index in [-0.39, 0.29) is 56.8 Å². The van der Waals surface area contributed by atoms with Gasteiger partial charge in [-0.25, -0.2) is 4.39 Å². The van der Waals surface area contributed by atoms with Crippen LogP contribution >= 0.6 is 24.8 Å². The summed E-state index contributed by atoms with van der Waals surface area (Å²) in [5, 5.41) is 8.54. The van der Waals surface area contributed by atoms with Crippen LogP contribution in [-0.2, 0) is 26.2 Å². The third kappa shape index (κ3) is 5.66. The van der Waals surface area contributed by atoms with Crippen LogP contribution in [-0.4, -0.2) is 5.11 Å². The smallest absolute Gasteiger partial charge is 0.164 e. The van der Waals surface area contributed by atoms with E-state index in [9.17, 15) is 4.39 Å². The van der Waals surface area contributed by atoms with Crippen molar-refractivity contribution in [3.05, 3.63) is 30.1 Å². The number of halogens is 3. The molecule has 0 aromatic heterocycles. The Morgan fingerprint density at radius 1 is 1.09 bits per heavy atom. The first-order chi connectivity index (χ1) is 3.80. The Kier molecular flexibility index (Phi) is 13.5. The van der Waals surface area contributed by atoms with Crippen LogP contribution in [0.5, 0.6) is 5.75 Å². The van der Waals surface area contributed by atoms with E-state index < -0.39 is 5.82 Å². The molecule has 0 amide bonds. The molecule has 0 bridgehead atoms. The van der Waals surface area contributed by atoms with Crippen molar-refractivity contribution < 1.29 is 35.7 Å². The summed E-state index contributed by atoms with van der Waals surface area (Å²) in [5.41, 5.74) is 0. The number of benzene rings is 1. The summed E-state index contributed by atoms with van der Waals surface area (Å²) in [4.78, 5) is 0. The summed E-state index contributed by atoms with van der Waals surface area (Å²) >= 11 is 0. The average molecular weight is 276 g/mol. The van der Waals surface area contributed by atoms with E-state index in [2.05, 4.69) is 0 Å². The number of aromatic hydroxyl groups is 1. The molecule has 0 unspecified atom stereocenters. The van der Waals surface area contributed by atoms with Crippen molar-refractivity contribution in [1.29, 1.82) is 0 Å². The molecule has 1 nitrogen and oxygen atoms in total. The maximum atomic E-state index is 12.1. The monoisotopic (exact) mass is 274 g/mol. The van der Waals surface area contributed by atoms with Crippen molar-refractivity contribution in [2.75, 3.05) is 0 Å². The quantitative estimate of drug-likeness (QED) is 0.771. The maximum Gasteiger partial charge on any atom is 0.164 e. The van der Waals surface area contributed by atoms with Crippen LogP contribution in [0.2, 0.25) is 0 Å². The SMILES string of the molecule is Cl.Cl.Oc1ccccc1F.[Zr]. The Bertz CT molecular complexity index is 177. The van der Waals surface area contributed by atoms with E-state index in [1.54, 1.807) is 6.07 Å². The van der Waals surface area contributed by atoms with E-state index in [1.165, 1.54) is 18.2 Å². The van der Waals surface area contributed by atoms with Gasteiger partial charge >= 0.3 is 0 Å². The molecule has 0 spiro atoms. The standard InChI is InChI=1S/C6H5FO.2ClH.Zr/c7-5-3-1-2-4-6(5)8;;;/h1-4,8H;2*1H;. The fourth-order valence-corrected chi connectivity index (χ4v) is 0.452. The first kappa shape index (κ1) is 17.5. The fraction of sp³-hybridized carbons (Fsp3) is 0. The second kappa shape index (κ2) is 8.51. The molecule has 0 aliphatic rings. The van der Waals surface area contributed by atoms with Crippen LogP contribution in [0.1, 0.15) is 0 Å². The number of rotatable bonds is 0. The number of phenols is 1. The third-order valence-corrected chi connectivity index (χ3v) is 0.852. The summed E-state index contributed by atoms with van der Waals surface area (Å²) in [6.07, 6.45) is 0. The largest absolute Gasteiger partial charge is 0.505 e. The van der Waals surface area contributed by atoms with Gasteiger partial charge in [0, 0.05) is 26.2 Å². The molecule has 0 aliphatic heterocycles. The maximum absolute atomic E-state index is 12.1. The molecule has 62 valence electrons. The Morgan fingerprint density at radius 3 is 1.82 bits per heavy atom. The summed E-state index contributed by atoms with van der Waals surface area (Å²) in [6, 6.07) is 5.60. The fourth-order valence-electron chi connectivity index (χ4n) is 0.452. The van der Waals surface area contributed by atoms with Gasteiger partial charge < -0.3 is 5.11 Å². The summed E-state index contributed by atoms with van der Waals surface area (Å²) < 4.78 is 12.1. The zero-order valence-corrected chi connectivity index (χ0v) is 9.54. The number of hydrogen-bond acceptors (Lipinski definition) is 1. The molecular weight excluding hydrogens is 269 g/mol. The van der Waals surface area contributed by atoms with E-state index in [1.807, 2.05) is 0 Å². The van der Waals surface area contributed by atoms with E-state index in [0.717, 1.165) is 0 Å². The van der Waals surface area contributed by atoms with Crippen molar-refractivity contribution in [3.8, 4) is 5.75 Å². The minimum absolute atomic E-state index is 0. The van der Waals surface area contributed by atoms with Crippen molar-refractivity contribution in [1.82, 2.24) is 0 Å². The van der Waals surface area contributed by atoms with Gasteiger partial charge in [0.15, 0.2) is 11.6 Å². The second-order valence-corrected chi connectivity index (χ2v) is 1.45. The third-order valence-electron chi connectivity index (χ3n) is 0.852. The number of para-hydroxylation sites is 1. The first-order valence-corrected chi connectivity index (χ1v) is 2.24. The summed E-state index contributed by atoms with van der Waals surface area (Å²) in [7, 11) is 0. The van der Waals surface area contributed by atoms with Crippen molar-refractivity contribution in [2.24, 2.45) is 0 Å². The molecule has 0 fully saturated rings. The average Bonchev–Trinajstić information content (AvgIpc) is 1.77. The molecule has 1 rings (SSSR count). The normalized spacial score (nSPS) is 6.64. The molecule has 0 aliphatic carbocycles. The minimum Gasteiger partial charge on any atom is -0.505 e. The van der Waals surface area contributed by atoms with E-state index in [0.29, 0.717) is 0 Å². The van der Waals surface area contributed by atoms with Gasteiger partial charge in [-0.3, -0.25) is 0 Å². The van der Waals surface area contributed by atoms with Gasteiger partial charge in [0.05, 0.1) is 0 Å². The molecule has 0 atom stereocenters. The van der Waals surface area contributed by atoms with Gasteiger partial charge in [0.25, 0.3) is 0 Å². The van der Waals surface area contributed by atoms with Gasteiger partial charge in [0.1, 0.15) is 0 Å². The predicted molar refractivity (Wildman–Crippen MR) is 42.6 cm³/mol. The van der Waals surface area contributed by atoms with Crippen molar-refractivity contribution in [2.45, 2.75) is 0 Å². The molecule has 1 aromatic rings. The van der Waals surface area contributed by atoms with Gasteiger partial charge in [-0.1, -0.05) is 12.1 Å². The molecule has 11 heavy (non-hydrogen) atoms. The van der Waals surface area contributed by atoms with Crippen LogP contribution in [0, 0.1) is 5.82 Å². The van der Waals surface area contributed by atoms with E-state index >= 15 is 0 Å². The van der Waals surface area contributed by atoms with Crippen LogP contribution in [0.3, 0.4) is 0 Å². The Morgan fingerprint density at radius 2 is 1.55 bits per heavy atom. The molecule has 1 N–H and O–H groups in total. The molecule has 0 saturated carbocycles. The molecule has 1 aromatic carbocycles. The van der Waals surface area contributed by atoms with Crippen LogP contribution in [0.4, 0.5) is 4.39 Å². The minimum atomic E-state index is -0.576. The Hall–Kier alpha value is 0.413. The topological polar surface area (TPSA) is 20.2 Å². The molecule has 5 heteroatoms. The molecular formula is C6H7Cl2FOZr. The van der Waals surface area contributed by atoms with Gasteiger partial charge in [-0.15, -0.1) is 24.8 Å². The molecule has 0 saturated heterocycles. The molecule has 0 heterocycles. The zero-order valence-electron chi connectivity index (χ0n) is 5.45. The van der Waals surface area contributed by atoms with Crippen molar-refractivity contribution >= 4 is 24.8 Å². The van der Waals surface area contributed by atoms with Crippen LogP contribution in [0.25, 0.3) is 0 Å². The Labute approximate surface area is 95.9 Å². The number of phenolic OH excluding ortho intramolecular Hbond substituents is 1. The molecule has 0 radical (unpaired) electrons. The predicted octanol–water partition coefficient (Wildman–Crippen LogP) is 2.37. The van der Waals surface area contributed by atoms with Gasteiger partial charge in [-0.05, 0) is 12.1 Å². The summed E-state index contributed by atoms with van der Waals surface area (Å²) in [6.45, 7) is 0. The first-order valence-electron chi connectivity index (χ1n) is 2.24. The zero-order chi connectivity index (χ0) is 5.98. The number of hydrogen-bond donors (Lipinski definition) is 1. The van der Waals surface area contributed by atoms with E-state index in [4.69, 9.17) is 5.11 Å². The van der Waals surface area contributed by atoms with Crippen LogP contribution < -0.4 is 0 Å². The summed E-state index contributed by atoms with van der Waals surface area (Å²) in [5.74, 6) is -0.875. The van der Waals surface area contributed by atoms with Crippen LogP contribution in [0.15, 0.2) is 24.3 Å². The van der Waals surface area contributed by atoms with Gasteiger partial charge in [0.2, 0.25) is 0 Å². The van der Waals surface area contributed by atoms with Gasteiger partial charge in [-0.2, -0.15) is 0 Å². The Balaban J connectivity index is -0.000000213. The van der Waals surface area contributed by atoms with Crippen molar-refractivity contribution in [3.63, 3.8) is 0 Å². The second-order valence-electron chi connectivity index (χ2n) is 1.45.